The molecule has 0 aliphatic carbocycles. The summed E-state index contributed by atoms with van der Waals surface area (Å²) >= 11 is 0. The Labute approximate surface area is 124 Å². The Morgan fingerprint density at radius 1 is 0.900 bits per heavy atom. The molecule has 2 nitrogen and oxygen atoms in total. The van der Waals surface area contributed by atoms with Gasteiger partial charge in [0.2, 0.25) is 0 Å². The molecule has 0 rings (SSSR count). The van der Waals surface area contributed by atoms with E-state index in [9.17, 15) is 0 Å². The zero-order chi connectivity index (χ0) is 15.1. The molecule has 0 saturated carbocycles. The SMILES string of the molecule is C=C/C=C(\C=C/C)CNCCNC/C(C=C)=C/C=C\C. The highest BCUT2D eigenvalue weighted by molar-refractivity contribution is 5.24. The molecule has 0 heterocycles. The van der Waals surface area contributed by atoms with Gasteiger partial charge in [0.1, 0.15) is 0 Å². The summed E-state index contributed by atoms with van der Waals surface area (Å²) in [5.41, 5.74) is 2.44. The van der Waals surface area contributed by atoms with Crippen molar-refractivity contribution in [3.8, 4) is 0 Å². The Kier molecular flexibility index (Phi) is 12.7. The topological polar surface area (TPSA) is 24.1 Å². The molecule has 2 heteroatoms. The fourth-order valence-corrected chi connectivity index (χ4v) is 1.60. The van der Waals surface area contributed by atoms with Crippen molar-refractivity contribution in [2.75, 3.05) is 26.2 Å². The Hall–Kier alpha value is -1.64. The lowest BCUT2D eigenvalue weighted by atomic mass is 10.2. The highest BCUT2D eigenvalue weighted by atomic mass is 14.9. The van der Waals surface area contributed by atoms with Crippen LogP contribution in [0, 0.1) is 0 Å². The maximum absolute atomic E-state index is 3.81. The monoisotopic (exact) mass is 272 g/mol. The van der Waals surface area contributed by atoms with Crippen molar-refractivity contribution in [3.05, 3.63) is 72.9 Å². The first-order valence-electron chi connectivity index (χ1n) is 7.08. The minimum Gasteiger partial charge on any atom is -0.311 e. The zero-order valence-electron chi connectivity index (χ0n) is 12.9. The predicted molar refractivity (Wildman–Crippen MR) is 91.9 cm³/mol. The van der Waals surface area contributed by atoms with Crippen molar-refractivity contribution in [1.29, 1.82) is 0 Å². The van der Waals surface area contributed by atoms with E-state index >= 15 is 0 Å². The molecule has 0 unspecified atom stereocenters. The van der Waals surface area contributed by atoms with E-state index in [4.69, 9.17) is 0 Å². The summed E-state index contributed by atoms with van der Waals surface area (Å²) in [6.07, 6.45) is 16.0. The molecule has 0 radical (unpaired) electrons. The molecular formula is C18H28N2. The van der Waals surface area contributed by atoms with Gasteiger partial charge < -0.3 is 10.6 Å². The van der Waals surface area contributed by atoms with Gasteiger partial charge in [-0.1, -0.05) is 61.8 Å². The van der Waals surface area contributed by atoms with Crippen molar-refractivity contribution in [2.45, 2.75) is 13.8 Å². The molecule has 20 heavy (non-hydrogen) atoms. The van der Waals surface area contributed by atoms with Gasteiger partial charge in [0.25, 0.3) is 0 Å². The molecule has 110 valence electrons. The van der Waals surface area contributed by atoms with Crippen LogP contribution in [0.4, 0.5) is 0 Å². The summed E-state index contributed by atoms with van der Waals surface area (Å²) in [6, 6.07) is 0. The second-order valence-electron chi connectivity index (χ2n) is 4.30. The largest absolute Gasteiger partial charge is 0.311 e. The van der Waals surface area contributed by atoms with Crippen molar-refractivity contribution in [1.82, 2.24) is 10.6 Å². The molecule has 0 aliphatic rings. The van der Waals surface area contributed by atoms with Gasteiger partial charge in [-0.2, -0.15) is 0 Å². The smallest absolute Gasteiger partial charge is 0.0205 e. The van der Waals surface area contributed by atoms with Crippen LogP contribution in [-0.2, 0) is 0 Å². The fraction of sp³-hybridized carbons (Fsp3) is 0.333. The second kappa shape index (κ2) is 13.8. The first kappa shape index (κ1) is 18.4. The molecule has 0 aromatic carbocycles. The quantitative estimate of drug-likeness (QED) is 0.444. The van der Waals surface area contributed by atoms with Crippen molar-refractivity contribution in [2.24, 2.45) is 0 Å². The highest BCUT2D eigenvalue weighted by Crippen LogP contribution is 1.95. The fourth-order valence-electron chi connectivity index (χ4n) is 1.60. The normalized spacial score (nSPS) is 13.3. The number of hydrogen-bond donors (Lipinski definition) is 2. The average Bonchev–Trinajstić information content (AvgIpc) is 2.46. The van der Waals surface area contributed by atoms with Crippen LogP contribution >= 0.6 is 0 Å². The standard InChI is InChI=1S/C18H28N2/c1-5-9-12-17(8-4)15-19-13-14-20-16-18(10-6-2)11-7-3/h5-12,19-20H,2,4,13-16H2,1,3H3/b9-5-,11-7-,17-12+,18-10+. The Morgan fingerprint density at radius 3 is 2.05 bits per heavy atom. The molecule has 0 aromatic rings. The van der Waals surface area contributed by atoms with Gasteiger partial charge in [0.05, 0.1) is 0 Å². The maximum atomic E-state index is 3.81. The van der Waals surface area contributed by atoms with Gasteiger partial charge in [-0.05, 0) is 25.0 Å². The number of nitrogens with one attached hydrogen (secondary N) is 2. The second-order valence-corrected chi connectivity index (χ2v) is 4.30. The lowest BCUT2D eigenvalue weighted by Crippen LogP contribution is -2.29. The van der Waals surface area contributed by atoms with Crippen LogP contribution in [0.3, 0.4) is 0 Å². The third kappa shape index (κ3) is 10.3. The first-order valence-corrected chi connectivity index (χ1v) is 7.08. The van der Waals surface area contributed by atoms with E-state index in [-0.39, 0.29) is 0 Å². The summed E-state index contributed by atoms with van der Waals surface area (Å²) in [7, 11) is 0. The molecule has 0 fully saturated rings. The van der Waals surface area contributed by atoms with Gasteiger partial charge in [0.15, 0.2) is 0 Å². The van der Waals surface area contributed by atoms with Crippen molar-refractivity contribution >= 4 is 0 Å². The summed E-state index contributed by atoms with van der Waals surface area (Å²) < 4.78 is 0. The van der Waals surface area contributed by atoms with Gasteiger partial charge >= 0.3 is 0 Å². The molecule has 0 aliphatic heterocycles. The minimum absolute atomic E-state index is 0.847. The van der Waals surface area contributed by atoms with Crippen molar-refractivity contribution < 1.29 is 0 Å². The van der Waals surface area contributed by atoms with Gasteiger partial charge in [0, 0.05) is 26.2 Å². The van der Waals surface area contributed by atoms with Crippen LogP contribution in [0.25, 0.3) is 0 Å². The van der Waals surface area contributed by atoms with Crippen LogP contribution < -0.4 is 10.6 Å². The Bertz CT molecular complexity index is 384. The van der Waals surface area contributed by atoms with Gasteiger partial charge in [-0.15, -0.1) is 0 Å². The van der Waals surface area contributed by atoms with E-state index in [1.807, 2.05) is 50.3 Å². The summed E-state index contributed by atoms with van der Waals surface area (Å²) in [4.78, 5) is 0. The zero-order valence-corrected chi connectivity index (χ0v) is 12.9. The average molecular weight is 272 g/mol. The summed E-state index contributed by atoms with van der Waals surface area (Å²) in [5.74, 6) is 0. The van der Waals surface area contributed by atoms with E-state index in [1.165, 1.54) is 11.1 Å². The molecule has 0 spiro atoms. The van der Waals surface area contributed by atoms with Crippen LogP contribution in [0.2, 0.25) is 0 Å². The van der Waals surface area contributed by atoms with Crippen LogP contribution in [0.5, 0.6) is 0 Å². The molecule has 0 saturated heterocycles. The van der Waals surface area contributed by atoms with E-state index in [0.29, 0.717) is 0 Å². The molecule has 0 bridgehead atoms. The number of hydrogen-bond acceptors (Lipinski definition) is 2. The van der Waals surface area contributed by atoms with E-state index < -0.39 is 0 Å². The maximum Gasteiger partial charge on any atom is 0.0205 e. The van der Waals surface area contributed by atoms with Gasteiger partial charge in [-0.25, -0.2) is 0 Å². The van der Waals surface area contributed by atoms with Crippen molar-refractivity contribution in [3.63, 3.8) is 0 Å². The molecular weight excluding hydrogens is 244 g/mol. The third-order valence-electron chi connectivity index (χ3n) is 2.61. The number of allylic oxidation sites excluding steroid dienone is 6. The number of rotatable bonds is 11. The first-order chi connectivity index (χ1) is 9.78. The summed E-state index contributed by atoms with van der Waals surface area (Å²) in [5, 5.41) is 6.79. The highest BCUT2D eigenvalue weighted by Gasteiger charge is 1.93. The van der Waals surface area contributed by atoms with Gasteiger partial charge in [-0.3, -0.25) is 0 Å². The Balaban J connectivity index is 3.84. The lowest BCUT2D eigenvalue weighted by molar-refractivity contribution is 0.658. The molecule has 0 aromatic heterocycles. The molecule has 2 N–H and O–H groups in total. The Morgan fingerprint density at radius 2 is 1.55 bits per heavy atom. The molecule has 0 atom stereocenters. The van der Waals surface area contributed by atoms with Crippen LogP contribution in [-0.4, -0.2) is 26.2 Å². The van der Waals surface area contributed by atoms with Crippen LogP contribution in [0.15, 0.2) is 72.9 Å². The molecule has 0 amide bonds. The van der Waals surface area contributed by atoms with E-state index in [0.717, 1.165) is 26.2 Å². The predicted octanol–water partition coefficient (Wildman–Crippen LogP) is 3.54. The third-order valence-corrected chi connectivity index (χ3v) is 2.61. The minimum atomic E-state index is 0.847. The van der Waals surface area contributed by atoms with E-state index in [1.54, 1.807) is 0 Å². The van der Waals surface area contributed by atoms with Crippen LogP contribution in [0.1, 0.15) is 13.8 Å². The van der Waals surface area contributed by atoms with E-state index in [2.05, 4.69) is 35.9 Å². The summed E-state index contributed by atoms with van der Waals surface area (Å²) in [6.45, 7) is 15.1. The lowest BCUT2D eigenvalue weighted by Gasteiger charge is -2.07.